The average molecular weight is 255 g/mol. The molecule has 0 radical (unpaired) electrons. The maximum atomic E-state index is 5.87. The van der Waals surface area contributed by atoms with E-state index in [0.717, 1.165) is 11.1 Å². The second-order valence-electron chi connectivity index (χ2n) is 4.20. The van der Waals surface area contributed by atoms with Gasteiger partial charge in [-0.15, -0.1) is 0 Å². The Kier molecular flexibility index (Phi) is 2.52. The molecule has 0 bridgehead atoms. The summed E-state index contributed by atoms with van der Waals surface area (Å²) in [6.07, 6.45) is 0. The number of hydrogen-bond donors (Lipinski definition) is 2. The molecule has 0 aliphatic carbocycles. The number of hydrogen-bond acceptors (Lipinski definition) is 5. The van der Waals surface area contributed by atoms with Crippen molar-refractivity contribution in [3.05, 3.63) is 36.4 Å². The van der Waals surface area contributed by atoms with Gasteiger partial charge in [-0.25, -0.2) is 4.98 Å². The van der Waals surface area contributed by atoms with Crippen LogP contribution < -0.4 is 16.2 Å². The SMILES string of the molecule is COc1ccc(-c2nc3cc(N)ccc3o2)cc1N. The minimum atomic E-state index is 0.509. The van der Waals surface area contributed by atoms with Crippen LogP contribution in [0.5, 0.6) is 5.75 Å². The number of aromatic nitrogens is 1. The van der Waals surface area contributed by atoms with Crippen molar-refractivity contribution in [1.82, 2.24) is 4.98 Å². The number of rotatable bonds is 2. The Labute approximate surface area is 109 Å². The van der Waals surface area contributed by atoms with Gasteiger partial charge >= 0.3 is 0 Å². The molecule has 0 aliphatic heterocycles. The standard InChI is InChI=1S/C14H13N3O2/c1-18-12-4-2-8(6-10(12)16)14-17-11-7-9(15)3-5-13(11)19-14/h2-7H,15-16H2,1H3. The lowest BCUT2D eigenvalue weighted by Gasteiger charge is -2.04. The van der Waals surface area contributed by atoms with Crippen LogP contribution in [0.15, 0.2) is 40.8 Å². The van der Waals surface area contributed by atoms with Gasteiger partial charge in [0.15, 0.2) is 5.58 Å². The number of oxazole rings is 1. The molecule has 0 fully saturated rings. The first-order valence-corrected chi connectivity index (χ1v) is 5.77. The Morgan fingerprint density at radius 3 is 2.68 bits per heavy atom. The predicted octanol–water partition coefficient (Wildman–Crippen LogP) is 2.67. The second kappa shape index (κ2) is 4.20. The minimum Gasteiger partial charge on any atom is -0.495 e. The Bertz CT molecular complexity index is 750. The first-order chi connectivity index (χ1) is 9.17. The predicted molar refractivity (Wildman–Crippen MR) is 74.8 cm³/mol. The van der Waals surface area contributed by atoms with Crippen LogP contribution >= 0.6 is 0 Å². The first kappa shape index (κ1) is 11.4. The summed E-state index contributed by atoms with van der Waals surface area (Å²) in [4.78, 5) is 4.40. The third kappa shape index (κ3) is 1.95. The molecule has 0 spiro atoms. The van der Waals surface area contributed by atoms with Crippen LogP contribution in [0.4, 0.5) is 11.4 Å². The van der Waals surface area contributed by atoms with Crippen molar-refractivity contribution in [2.75, 3.05) is 18.6 Å². The monoisotopic (exact) mass is 255 g/mol. The molecule has 3 rings (SSSR count). The third-order valence-electron chi connectivity index (χ3n) is 2.89. The third-order valence-corrected chi connectivity index (χ3v) is 2.89. The van der Waals surface area contributed by atoms with Crippen molar-refractivity contribution >= 4 is 22.5 Å². The van der Waals surface area contributed by atoms with Crippen LogP contribution in [0.2, 0.25) is 0 Å². The van der Waals surface area contributed by atoms with E-state index in [1.54, 1.807) is 37.4 Å². The Morgan fingerprint density at radius 2 is 1.95 bits per heavy atom. The van der Waals surface area contributed by atoms with Crippen molar-refractivity contribution in [3.63, 3.8) is 0 Å². The summed E-state index contributed by atoms with van der Waals surface area (Å²) in [6, 6.07) is 10.8. The number of benzene rings is 2. The molecule has 1 heterocycles. The average Bonchev–Trinajstić information content (AvgIpc) is 2.81. The summed E-state index contributed by atoms with van der Waals surface area (Å²) in [7, 11) is 1.58. The Balaban J connectivity index is 2.11. The van der Waals surface area contributed by atoms with Crippen LogP contribution in [-0.2, 0) is 0 Å². The normalized spacial score (nSPS) is 10.8. The number of anilines is 2. The molecule has 4 N–H and O–H groups in total. The van der Waals surface area contributed by atoms with Crippen molar-refractivity contribution in [2.45, 2.75) is 0 Å². The highest BCUT2D eigenvalue weighted by Crippen LogP contribution is 2.30. The molecular formula is C14H13N3O2. The van der Waals surface area contributed by atoms with Crippen molar-refractivity contribution in [2.24, 2.45) is 0 Å². The van der Waals surface area contributed by atoms with Gasteiger partial charge in [-0.1, -0.05) is 0 Å². The van der Waals surface area contributed by atoms with Gasteiger partial charge in [0.05, 0.1) is 12.8 Å². The van der Waals surface area contributed by atoms with Gasteiger partial charge in [-0.2, -0.15) is 0 Å². The highest BCUT2D eigenvalue weighted by molar-refractivity contribution is 5.80. The molecule has 96 valence electrons. The lowest BCUT2D eigenvalue weighted by atomic mass is 10.2. The van der Waals surface area contributed by atoms with Gasteiger partial charge in [-0.05, 0) is 36.4 Å². The van der Waals surface area contributed by atoms with Crippen LogP contribution in [0.3, 0.4) is 0 Å². The Morgan fingerprint density at radius 1 is 1.11 bits per heavy atom. The number of fused-ring (bicyclic) bond motifs is 1. The van der Waals surface area contributed by atoms with Crippen LogP contribution in [0.25, 0.3) is 22.6 Å². The summed E-state index contributed by atoms with van der Waals surface area (Å²) < 4.78 is 10.8. The van der Waals surface area contributed by atoms with Crippen molar-refractivity contribution in [1.29, 1.82) is 0 Å². The summed E-state index contributed by atoms with van der Waals surface area (Å²) in [5.41, 5.74) is 15.0. The number of nitrogens with two attached hydrogens (primary N) is 2. The molecule has 0 saturated carbocycles. The molecule has 1 aromatic heterocycles. The van der Waals surface area contributed by atoms with Crippen LogP contribution in [0.1, 0.15) is 0 Å². The molecule has 0 aliphatic rings. The van der Waals surface area contributed by atoms with Gasteiger partial charge in [-0.3, -0.25) is 0 Å². The highest BCUT2D eigenvalue weighted by atomic mass is 16.5. The first-order valence-electron chi connectivity index (χ1n) is 5.77. The zero-order valence-corrected chi connectivity index (χ0v) is 10.4. The number of nitrogen functional groups attached to an aromatic ring is 2. The maximum Gasteiger partial charge on any atom is 0.227 e. The molecule has 0 atom stereocenters. The quantitative estimate of drug-likeness (QED) is 0.687. The topological polar surface area (TPSA) is 87.3 Å². The van der Waals surface area contributed by atoms with Gasteiger partial charge in [0, 0.05) is 11.3 Å². The molecule has 5 heteroatoms. The number of nitrogens with zero attached hydrogens (tertiary/aromatic N) is 1. The van der Waals surface area contributed by atoms with Gasteiger partial charge in [0.1, 0.15) is 11.3 Å². The molecular weight excluding hydrogens is 242 g/mol. The summed E-state index contributed by atoms with van der Waals surface area (Å²) in [5, 5.41) is 0. The molecule has 19 heavy (non-hydrogen) atoms. The fraction of sp³-hybridized carbons (Fsp3) is 0.0714. The molecule has 3 aromatic rings. The van der Waals surface area contributed by atoms with E-state index < -0.39 is 0 Å². The van der Waals surface area contributed by atoms with E-state index in [-0.39, 0.29) is 0 Å². The summed E-state index contributed by atoms with van der Waals surface area (Å²) >= 11 is 0. The van der Waals surface area contributed by atoms with E-state index in [0.29, 0.717) is 28.6 Å². The van der Waals surface area contributed by atoms with E-state index in [2.05, 4.69) is 4.98 Å². The smallest absolute Gasteiger partial charge is 0.227 e. The molecule has 2 aromatic carbocycles. The van der Waals surface area contributed by atoms with E-state index in [9.17, 15) is 0 Å². The van der Waals surface area contributed by atoms with Crippen molar-refractivity contribution in [3.8, 4) is 17.2 Å². The molecule has 0 unspecified atom stereocenters. The van der Waals surface area contributed by atoms with Crippen molar-refractivity contribution < 1.29 is 9.15 Å². The lowest BCUT2D eigenvalue weighted by Crippen LogP contribution is -1.92. The van der Waals surface area contributed by atoms with E-state index in [1.807, 2.05) is 6.07 Å². The van der Waals surface area contributed by atoms with Crippen LogP contribution in [-0.4, -0.2) is 12.1 Å². The number of methoxy groups -OCH3 is 1. The fourth-order valence-electron chi connectivity index (χ4n) is 1.94. The van der Waals surface area contributed by atoms with E-state index in [4.69, 9.17) is 20.6 Å². The van der Waals surface area contributed by atoms with Gasteiger partial charge < -0.3 is 20.6 Å². The van der Waals surface area contributed by atoms with E-state index >= 15 is 0 Å². The largest absolute Gasteiger partial charge is 0.495 e. The second-order valence-corrected chi connectivity index (χ2v) is 4.20. The molecule has 0 saturated heterocycles. The maximum absolute atomic E-state index is 5.87. The zero-order valence-electron chi connectivity index (χ0n) is 10.4. The molecule has 0 amide bonds. The van der Waals surface area contributed by atoms with Crippen LogP contribution in [0, 0.1) is 0 Å². The molecule has 5 nitrogen and oxygen atoms in total. The van der Waals surface area contributed by atoms with Gasteiger partial charge in [0.2, 0.25) is 5.89 Å². The fourth-order valence-corrected chi connectivity index (χ4v) is 1.94. The lowest BCUT2D eigenvalue weighted by molar-refractivity contribution is 0.417. The van der Waals surface area contributed by atoms with Gasteiger partial charge in [0.25, 0.3) is 0 Å². The number of ether oxygens (including phenoxy) is 1. The van der Waals surface area contributed by atoms with E-state index in [1.165, 1.54) is 0 Å². The summed E-state index contributed by atoms with van der Waals surface area (Å²) in [5.74, 6) is 1.14. The zero-order chi connectivity index (χ0) is 13.4. The Hall–Kier alpha value is -2.69. The minimum absolute atomic E-state index is 0.509. The summed E-state index contributed by atoms with van der Waals surface area (Å²) in [6.45, 7) is 0. The highest BCUT2D eigenvalue weighted by Gasteiger charge is 2.10.